The lowest BCUT2D eigenvalue weighted by atomic mass is 10.1. The molecule has 1 rings (SSSR count). The highest BCUT2D eigenvalue weighted by Crippen LogP contribution is 2.21. The van der Waals surface area contributed by atoms with Crippen molar-refractivity contribution >= 4 is 5.82 Å². The number of methoxy groups -OCH3 is 1. The molecule has 0 aromatic carbocycles. The molecular weight excluding hydrogens is 218 g/mol. The summed E-state index contributed by atoms with van der Waals surface area (Å²) in [4.78, 5) is 18.9. The van der Waals surface area contributed by atoms with Crippen molar-refractivity contribution in [2.24, 2.45) is 0 Å². The number of hydrogen-bond donors (Lipinski definition) is 2. The van der Waals surface area contributed by atoms with E-state index in [2.05, 4.69) is 16.9 Å². The zero-order valence-corrected chi connectivity index (χ0v) is 10.9. The van der Waals surface area contributed by atoms with E-state index in [9.17, 15) is 4.79 Å². The number of nitrogens with one attached hydrogen (secondary N) is 1. The monoisotopic (exact) mass is 239 g/mol. The molecule has 5 nitrogen and oxygen atoms in total. The lowest BCUT2D eigenvalue weighted by molar-refractivity contribution is 0.0874. The van der Waals surface area contributed by atoms with Gasteiger partial charge in [-0.15, -0.1) is 0 Å². The Labute approximate surface area is 101 Å². The van der Waals surface area contributed by atoms with Gasteiger partial charge in [0.15, 0.2) is 0 Å². The molecule has 0 radical (unpaired) electrons. The molecule has 1 aromatic heterocycles. The molecule has 3 N–H and O–H groups in total. The predicted molar refractivity (Wildman–Crippen MR) is 68.0 cm³/mol. The van der Waals surface area contributed by atoms with E-state index in [-0.39, 0.29) is 17.6 Å². The van der Waals surface area contributed by atoms with Gasteiger partial charge in [-0.2, -0.15) is 0 Å². The molecule has 17 heavy (non-hydrogen) atoms. The molecule has 0 fully saturated rings. The van der Waals surface area contributed by atoms with Gasteiger partial charge in [0.2, 0.25) is 0 Å². The number of nitrogens with two attached hydrogens (primary N) is 1. The summed E-state index contributed by atoms with van der Waals surface area (Å²) in [6.45, 7) is 5.89. The summed E-state index contributed by atoms with van der Waals surface area (Å²) in [5, 5.41) is 0. The van der Waals surface area contributed by atoms with Crippen LogP contribution in [0.2, 0.25) is 0 Å². The predicted octanol–water partition coefficient (Wildman–Crippen LogP) is 1.96. The Kier molecular flexibility index (Phi) is 4.69. The van der Waals surface area contributed by atoms with Crippen LogP contribution in [0.15, 0.2) is 4.79 Å². The number of ether oxygens (including phenoxy) is 1. The fraction of sp³-hybridized carbons (Fsp3) is 0.667. The Morgan fingerprint density at radius 2 is 2.12 bits per heavy atom. The Bertz CT molecular complexity index is 426. The van der Waals surface area contributed by atoms with Gasteiger partial charge in [-0.3, -0.25) is 4.79 Å². The van der Waals surface area contributed by atoms with E-state index in [1.807, 2.05) is 13.8 Å². The fourth-order valence-corrected chi connectivity index (χ4v) is 1.86. The lowest BCUT2D eigenvalue weighted by Crippen LogP contribution is -2.22. The quantitative estimate of drug-likeness (QED) is 0.823. The number of nitrogens with zero attached hydrogens (tertiary/aromatic N) is 1. The first-order valence-corrected chi connectivity index (χ1v) is 5.93. The third-order valence-electron chi connectivity index (χ3n) is 2.72. The largest absolute Gasteiger partial charge is 0.383 e. The SMILES string of the molecule is CCCC(OC)c1nc(N)c(C(C)C)c(=O)[nH]1. The smallest absolute Gasteiger partial charge is 0.256 e. The van der Waals surface area contributed by atoms with Gasteiger partial charge in [0.1, 0.15) is 17.7 Å². The number of aromatic nitrogens is 2. The van der Waals surface area contributed by atoms with Gasteiger partial charge >= 0.3 is 0 Å². The number of hydrogen-bond acceptors (Lipinski definition) is 4. The minimum Gasteiger partial charge on any atom is -0.383 e. The molecule has 0 aliphatic carbocycles. The van der Waals surface area contributed by atoms with Crippen molar-refractivity contribution < 1.29 is 4.74 Å². The second kappa shape index (κ2) is 5.82. The van der Waals surface area contributed by atoms with E-state index in [4.69, 9.17) is 10.5 Å². The first kappa shape index (κ1) is 13.7. The molecule has 0 saturated carbocycles. The minimum absolute atomic E-state index is 0.0625. The molecule has 1 aromatic rings. The summed E-state index contributed by atoms with van der Waals surface area (Å²) >= 11 is 0. The van der Waals surface area contributed by atoms with Gasteiger partial charge in [-0.05, 0) is 12.3 Å². The topological polar surface area (TPSA) is 81.0 Å². The van der Waals surface area contributed by atoms with E-state index in [1.165, 1.54) is 0 Å². The highest BCUT2D eigenvalue weighted by atomic mass is 16.5. The highest BCUT2D eigenvalue weighted by Gasteiger charge is 2.17. The Morgan fingerprint density at radius 1 is 1.47 bits per heavy atom. The van der Waals surface area contributed by atoms with Crippen molar-refractivity contribution in [1.82, 2.24) is 9.97 Å². The van der Waals surface area contributed by atoms with Crippen molar-refractivity contribution in [1.29, 1.82) is 0 Å². The van der Waals surface area contributed by atoms with Crippen molar-refractivity contribution in [2.75, 3.05) is 12.8 Å². The van der Waals surface area contributed by atoms with Crippen LogP contribution < -0.4 is 11.3 Å². The van der Waals surface area contributed by atoms with E-state index in [0.717, 1.165) is 12.8 Å². The molecule has 0 spiro atoms. The Morgan fingerprint density at radius 3 is 2.53 bits per heavy atom. The van der Waals surface area contributed by atoms with Crippen LogP contribution >= 0.6 is 0 Å². The summed E-state index contributed by atoms with van der Waals surface area (Å²) in [6.07, 6.45) is 1.56. The zero-order chi connectivity index (χ0) is 13.0. The van der Waals surface area contributed by atoms with Crippen molar-refractivity contribution in [3.05, 3.63) is 21.7 Å². The number of H-pyrrole nitrogens is 1. The summed E-state index contributed by atoms with van der Waals surface area (Å²) in [5.41, 5.74) is 6.20. The van der Waals surface area contributed by atoms with E-state index >= 15 is 0 Å². The van der Waals surface area contributed by atoms with Crippen LogP contribution in [0.25, 0.3) is 0 Å². The van der Waals surface area contributed by atoms with E-state index < -0.39 is 0 Å². The molecule has 0 aliphatic heterocycles. The Balaban J connectivity index is 3.17. The molecule has 5 heteroatoms. The fourth-order valence-electron chi connectivity index (χ4n) is 1.86. The summed E-state index contributed by atoms with van der Waals surface area (Å²) in [6, 6.07) is 0. The molecule has 0 aliphatic rings. The molecule has 1 heterocycles. The Hall–Kier alpha value is -1.36. The molecular formula is C12H21N3O2. The van der Waals surface area contributed by atoms with Crippen LogP contribution in [-0.4, -0.2) is 17.1 Å². The highest BCUT2D eigenvalue weighted by molar-refractivity contribution is 5.39. The van der Waals surface area contributed by atoms with Crippen LogP contribution in [0.3, 0.4) is 0 Å². The van der Waals surface area contributed by atoms with Crippen LogP contribution in [0, 0.1) is 0 Å². The van der Waals surface area contributed by atoms with Gasteiger partial charge < -0.3 is 15.5 Å². The van der Waals surface area contributed by atoms with Gasteiger partial charge in [0.05, 0.1) is 5.56 Å². The zero-order valence-electron chi connectivity index (χ0n) is 10.9. The molecule has 1 unspecified atom stereocenters. The number of anilines is 1. The van der Waals surface area contributed by atoms with Gasteiger partial charge in [0, 0.05) is 7.11 Å². The maximum Gasteiger partial charge on any atom is 0.256 e. The lowest BCUT2D eigenvalue weighted by Gasteiger charge is -2.15. The van der Waals surface area contributed by atoms with Crippen molar-refractivity contribution in [2.45, 2.75) is 45.6 Å². The van der Waals surface area contributed by atoms with Gasteiger partial charge in [-0.25, -0.2) is 4.98 Å². The van der Waals surface area contributed by atoms with Crippen LogP contribution in [0.1, 0.15) is 57.0 Å². The first-order chi connectivity index (χ1) is 8.01. The number of nitrogen functional groups attached to an aromatic ring is 1. The summed E-state index contributed by atoms with van der Waals surface area (Å²) in [7, 11) is 1.60. The van der Waals surface area contributed by atoms with Crippen molar-refractivity contribution in [3.63, 3.8) is 0 Å². The summed E-state index contributed by atoms with van der Waals surface area (Å²) < 4.78 is 5.30. The molecule has 1 atom stereocenters. The second-order valence-corrected chi connectivity index (χ2v) is 4.42. The summed E-state index contributed by atoms with van der Waals surface area (Å²) in [5.74, 6) is 0.880. The third-order valence-corrected chi connectivity index (χ3v) is 2.72. The van der Waals surface area contributed by atoms with E-state index in [1.54, 1.807) is 7.11 Å². The minimum atomic E-state index is -0.198. The van der Waals surface area contributed by atoms with Gasteiger partial charge in [-0.1, -0.05) is 27.2 Å². The second-order valence-electron chi connectivity index (χ2n) is 4.42. The normalized spacial score (nSPS) is 13.0. The van der Waals surface area contributed by atoms with Crippen LogP contribution in [0.4, 0.5) is 5.82 Å². The molecule has 0 bridgehead atoms. The van der Waals surface area contributed by atoms with Crippen molar-refractivity contribution in [3.8, 4) is 0 Å². The first-order valence-electron chi connectivity index (χ1n) is 5.93. The van der Waals surface area contributed by atoms with Gasteiger partial charge in [0.25, 0.3) is 5.56 Å². The maximum absolute atomic E-state index is 11.9. The van der Waals surface area contributed by atoms with Crippen LogP contribution in [-0.2, 0) is 4.74 Å². The number of rotatable bonds is 5. The third kappa shape index (κ3) is 3.06. The maximum atomic E-state index is 11.9. The average molecular weight is 239 g/mol. The van der Waals surface area contributed by atoms with E-state index in [0.29, 0.717) is 17.2 Å². The molecule has 96 valence electrons. The molecule has 0 saturated heterocycles. The molecule has 0 amide bonds. The standard InChI is InChI=1S/C12H21N3O2/c1-5-6-8(17-4)11-14-10(13)9(7(2)3)12(16)15-11/h7-8H,5-6H2,1-4H3,(H3,13,14,15,16). The van der Waals surface area contributed by atoms with Crippen LogP contribution in [0.5, 0.6) is 0 Å². The average Bonchev–Trinajstić information content (AvgIpc) is 2.24. The number of aromatic amines is 1.